The van der Waals surface area contributed by atoms with E-state index in [1.54, 1.807) is 0 Å². The Labute approximate surface area is 123 Å². The molecule has 1 aromatic heterocycles. The van der Waals surface area contributed by atoms with Crippen LogP contribution in [0, 0.1) is 0 Å². The summed E-state index contributed by atoms with van der Waals surface area (Å²) in [6.07, 6.45) is 3.68. The summed E-state index contributed by atoms with van der Waals surface area (Å²) >= 11 is 0. The van der Waals surface area contributed by atoms with Gasteiger partial charge in [-0.2, -0.15) is 0 Å². The summed E-state index contributed by atoms with van der Waals surface area (Å²) in [5, 5.41) is 9.05. The van der Waals surface area contributed by atoms with Crippen LogP contribution in [0.15, 0.2) is 36.8 Å². The van der Waals surface area contributed by atoms with Gasteiger partial charge >= 0.3 is 5.97 Å². The predicted octanol–water partition coefficient (Wildman–Crippen LogP) is 3.27. The first-order valence-corrected chi connectivity index (χ1v) is 6.86. The van der Waals surface area contributed by atoms with E-state index in [1.807, 2.05) is 24.3 Å². The molecule has 0 amide bonds. The predicted molar refractivity (Wildman–Crippen MR) is 78.5 cm³/mol. The monoisotopic (exact) mass is 286 g/mol. The summed E-state index contributed by atoms with van der Waals surface area (Å²) in [7, 11) is 0. The van der Waals surface area contributed by atoms with Crippen molar-refractivity contribution in [1.29, 1.82) is 0 Å². The van der Waals surface area contributed by atoms with Gasteiger partial charge in [-0.15, -0.1) is 0 Å². The van der Waals surface area contributed by atoms with Gasteiger partial charge in [-0.1, -0.05) is 26.0 Å². The number of ether oxygens (including phenoxy) is 1. The van der Waals surface area contributed by atoms with E-state index in [2.05, 4.69) is 23.8 Å². The Morgan fingerprint density at radius 3 is 2.67 bits per heavy atom. The molecule has 0 aliphatic heterocycles. The maximum absolute atomic E-state index is 11.1. The van der Waals surface area contributed by atoms with E-state index in [1.165, 1.54) is 18.1 Å². The molecule has 2 rings (SSSR count). The van der Waals surface area contributed by atoms with Crippen molar-refractivity contribution in [2.45, 2.75) is 32.8 Å². The zero-order valence-electron chi connectivity index (χ0n) is 12.1. The molecule has 5 heteroatoms. The van der Waals surface area contributed by atoms with Gasteiger partial charge in [0.1, 0.15) is 24.2 Å². The van der Waals surface area contributed by atoms with Crippen molar-refractivity contribution in [3.63, 3.8) is 0 Å². The van der Waals surface area contributed by atoms with Crippen molar-refractivity contribution < 1.29 is 14.6 Å². The Hall–Kier alpha value is -2.43. The minimum absolute atomic E-state index is 0.0636. The Morgan fingerprint density at radius 1 is 1.33 bits per heavy atom. The molecular weight excluding hydrogens is 268 g/mol. The second-order valence-corrected chi connectivity index (χ2v) is 4.86. The van der Waals surface area contributed by atoms with E-state index < -0.39 is 5.97 Å². The van der Waals surface area contributed by atoms with Crippen LogP contribution in [0.5, 0.6) is 5.75 Å². The fourth-order valence-electron chi connectivity index (χ4n) is 1.93. The summed E-state index contributed by atoms with van der Waals surface area (Å²) in [5.41, 5.74) is 1.69. The zero-order valence-corrected chi connectivity index (χ0v) is 12.1. The number of aromatic carboxylic acids is 1. The average molecular weight is 286 g/mol. The highest BCUT2D eigenvalue weighted by Crippen LogP contribution is 2.22. The molecule has 0 aliphatic carbocycles. The highest BCUT2D eigenvalue weighted by Gasteiger charge is 2.12. The first-order valence-electron chi connectivity index (χ1n) is 6.86. The summed E-state index contributed by atoms with van der Waals surface area (Å²) in [6, 6.07) is 7.84. The van der Waals surface area contributed by atoms with Gasteiger partial charge in [-0.05, 0) is 30.0 Å². The highest BCUT2D eigenvalue weighted by atomic mass is 16.5. The third kappa shape index (κ3) is 3.78. The van der Waals surface area contributed by atoms with Crippen LogP contribution in [0.2, 0.25) is 0 Å². The van der Waals surface area contributed by atoms with Crippen LogP contribution in [0.3, 0.4) is 0 Å². The first-order chi connectivity index (χ1) is 10.1. The summed E-state index contributed by atoms with van der Waals surface area (Å²) < 4.78 is 5.60. The van der Waals surface area contributed by atoms with Gasteiger partial charge < -0.3 is 9.84 Å². The van der Waals surface area contributed by atoms with Crippen molar-refractivity contribution in [3.05, 3.63) is 53.6 Å². The Kier molecular flexibility index (Phi) is 4.87. The highest BCUT2D eigenvalue weighted by molar-refractivity contribution is 5.88. The molecule has 2 aromatic rings. The smallest absolute Gasteiger partial charge is 0.339 e. The molecule has 1 N–H and O–H groups in total. The van der Waals surface area contributed by atoms with Gasteiger partial charge in [0.15, 0.2) is 0 Å². The van der Waals surface area contributed by atoms with Crippen LogP contribution < -0.4 is 4.74 Å². The molecule has 21 heavy (non-hydrogen) atoms. The number of benzene rings is 1. The minimum atomic E-state index is -1.05. The Bertz CT molecular complexity index is 611. The maximum Gasteiger partial charge on any atom is 0.339 e. The van der Waals surface area contributed by atoms with Crippen LogP contribution >= 0.6 is 0 Å². The molecule has 0 saturated heterocycles. The van der Waals surface area contributed by atoms with Crippen molar-refractivity contribution in [2.75, 3.05) is 0 Å². The normalized spacial score (nSPS) is 11.9. The molecular formula is C16H18N2O3. The number of nitrogens with zero attached hydrogens (tertiary/aromatic N) is 2. The number of carboxylic acid groups (broad SMARTS) is 1. The first kappa shape index (κ1) is 15.0. The van der Waals surface area contributed by atoms with Crippen molar-refractivity contribution in [1.82, 2.24) is 9.97 Å². The SMILES string of the molecule is CCC(C)c1ccc(OCc2ncncc2C(=O)O)cc1. The van der Waals surface area contributed by atoms with Gasteiger partial charge in [-0.3, -0.25) is 0 Å². The Morgan fingerprint density at radius 2 is 2.05 bits per heavy atom. The van der Waals surface area contributed by atoms with E-state index in [-0.39, 0.29) is 12.2 Å². The topological polar surface area (TPSA) is 72.3 Å². The van der Waals surface area contributed by atoms with Crippen LogP contribution in [0.1, 0.15) is 47.8 Å². The van der Waals surface area contributed by atoms with E-state index in [4.69, 9.17) is 9.84 Å². The molecule has 0 bridgehead atoms. The molecule has 110 valence electrons. The van der Waals surface area contributed by atoms with Crippen molar-refractivity contribution >= 4 is 5.97 Å². The molecule has 1 atom stereocenters. The lowest BCUT2D eigenvalue weighted by Gasteiger charge is -2.11. The van der Waals surface area contributed by atoms with Gasteiger partial charge in [0.25, 0.3) is 0 Å². The van der Waals surface area contributed by atoms with Crippen LogP contribution in [-0.4, -0.2) is 21.0 Å². The number of carboxylic acids is 1. The number of hydrogen-bond donors (Lipinski definition) is 1. The molecule has 1 aromatic carbocycles. The molecule has 0 aliphatic rings. The lowest BCUT2D eigenvalue weighted by Crippen LogP contribution is -2.08. The quantitative estimate of drug-likeness (QED) is 0.882. The number of aromatic nitrogens is 2. The largest absolute Gasteiger partial charge is 0.487 e. The second-order valence-electron chi connectivity index (χ2n) is 4.86. The zero-order chi connectivity index (χ0) is 15.2. The molecule has 5 nitrogen and oxygen atoms in total. The molecule has 1 heterocycles. The summed E-state index contributed by atoms with van der Waals surface area (Å²) in [6.45, 7) is 4.43. The van der Waals surface area contributed by atoms with E-state index in [0.29, 0.717) is 17.4 Å². The van der Waals surface area contributed by atoms with Gasteiger partial charge in [0, 0.05) is 6.20 Å². The van der Waals surface area contributed by atoms with Crippen molar-refractivity contribution in [2.24, 2.45) is 0 Å². The maximum atomic E-state index is 11.1. The third-order valence-electron chi connectivity index (χ3n) is 3.46. The van der Waals surface area contributed by atoms with E-state index in [9.17, 15) is 4.79 Å². The molecule has 0 fully saturated rings. The molecule has 0 radical (unpaired) electrons. The number of rotatable bonds is 6. The molecule has 0 saturated carbocycles. The number of carbonyl (C=O) groups is 1. The summed E-state index contributed by atoms with van der Waals surface area (Å²) in [5.74, 6) is 0.151. The lowest BCUT2D eigenvalue weighted by atomic mass is 9.99. The van der Waals surface area contributed by atoms with Gasteiger partial charge in [0.05, 0.1) is 5.69 Å². The van der Waals surface area contributed by atoms with Crippen molar-refractivity contribution in [3.8, 4) is 5.75 Å². The number of hydrogen-bond acceptors (Lipinski definition) is 4. The van der Waals surface area contributed by atoms with Crippen LogP contribution in [0.25, 0.3) is 0 Å². The fraction of sp³-hybridized carbons (Fsp3) is 0.312. The standard InChI is InChI=1S/C16H18N2O3/c1-3-11(2)12-4-6-13(7-5-12)21-9-15-14(16(19)20)8-17-10-18-15/h4-8,10-11H,3,9H2,1-2H3,(H,19,20). The van der Waals surface area contributed by atoms with Crippen LogP contribution in [-0.2, 0) is 6.61 Å². The fourth-order valence-corrected chi connectivity index (χ4v) is 1.93. The summed E-state index contributed by atoms with van der Waals surface area (Å²) in [4.78, 5) is 18.7. The molecule has 0 spiro atoms. The molecule has 1 unspecified atom stereocenters. The minimum Gasteiger partial charge on any atom is -0.487 e. The third-order valence-corrected chi connectivity index (χ3v) is 3.46. The van der Waals surface area contributed by atoms with E-state index in [0.717, 1.165) is 6.42 Å². The van der Waals surface area contributed by atoms with Crippen LogP contribution in [0.4, 0.5) is 0 Å². The van der Waals surface area contributed by atoms with E-state index >= 15 is 0 Å². The second kappa shape index (κ2) is 6.83. The Balaban J connectivity index is 2.05. The van der Waals surface area contributed by atoms with Gasteiger partial charge in [-0.25, -0.2) is 14.8 Å². The van der Waals surface area contributed by atoms with Gasteiger partial charge in [0.2, 0.25) is 0 Å². The average Bonchev–Trinajstić information content (AvgIpc) is 2.52. The lowest BCUT2D eigenvalue weighted by molar-refractivity contribution is 0.0692.